The Balaban J connectivity index is 1.92. The Bertz CT molecular complexity index is 393. The van der Waals surface area contributed by atoms with Crippen molar-refractivity contribution in [3.05, 3.63) is 18.5 Å². The maximum Gasteiger partial charge on any atom is 0.307 e. The summed E-state index contributed by atoms with van der Waals surface area (Å²) in [4.78, 5) is 29.6. The van der Waals surface area contributed by atoms with Crippen molar-refractivity contribution in [2.45, 2.75) is 6.42 Å². The van der Waals surface area contributed by atoms with Gasteiger partial charge in [0.2, 0.25) is 11.9 Å². The van der Waals surface area contributed by atoms with Crippen molar-refractivity contribution >= 4 is 17.8 Å². The lowest BCUT2D eigenvalue weighted by Crippen LogP contribution is -2.18. The highest BCUT2D eigenvalue weighted by molar-refractivity contribution is 5.97. The second-order valence-corrected chi connectivity index (χ2v) is 3.35. The Labute approximate surface area is 85.4 Å². The Hall–Kier alpha value is -1.98. The molecule has 1 aliphatic rings. The molecule has 6 heteroatoms. The summed E-state index contributed by atoms with van der Waals surface area (Å²) < 4.78 is 0. The quantitative estimate of drug-likeness (QED) is 0.735. The molecule has 2 N–H and O–H groups in total. The van der Waals surface area contributed by atoms with E-state index in [-0.39, 0.29) is 11.9 Å². The van der Waals surface area contributed by atoms with E-state index in [1.54, 1.807) is 6.07 Å². The number of nitrogens with zero attached hydrogens (tertiary/aromatic N) is 2. The third kappa shape index (κ3) is 2.09. The minimum atomic E-state index is -0.927. The van der Waals surface area contributed by atoms with E-state index in [4.69, 9.17) is 5.11 Å². The maximum atomic E-state index is 11.4. The van der Waals surface area contributed by atoms with Crippen molar-refractivity contribution < 1.29 is 14.7 Å². The van der Waals surface area contributed by atoms with E-state index in [9.17, 15) is 9.59 Å². The van der Waals surface area contributed by atoms with Gasteiger partial charge < -0.3 is 5.11 Å². The van der Waals surface area contributed by atoms with Crippen LogP contribution in [0.3, 0.4) is 0 Å². The molecular weight excluding hydrogens is 198 g/mol. The van der Waals surface area contributed by atoms with E-state index in [0.29, 0.717) is 6.42 Å². The first-order chi connectivity index (χ1) is 7.18. The molecule has 6 nitrogen and oxygen atoms in total. The number of amides is 1. The van der Waals surface area contributed by atoms with Gasteiger partial charge >= 0.3 is 5.97 Å². The van der Waals surface area contributed by atoms with Gasteiger partial charge in [0, 0.05) is 12.4 Å². The van der Waals surface area contributed by atoms with Crippen LogP contribution in [0.2, 0.25) is 0 Å². The molecule has 2 unspecified atom stereocenters. The number of carboxylic acids is 1. The summed E-state index contributed by atoms with van der Waals surface area (Å²) in [5.41, 5.74) is 0. The predicted molar refractivity (Wildman–Crippen MR) is 49.9 cm³/mol. The van der Waals surface area contributed by atoms with E-state index in [1.165, 1.54) is 12.4 Å². The molecule has 0 radical (unpaired) electrons. The van der Waals surface area contributed by atoms with E-state index in [1.807, 2.05) is 0 Å². The van der Waals surface area contributed by atoms with Gasteiger partial charge in [-0.25, -0.2) is 9.97 Å². The van der Waals surface area contributed by atoms with Gasteiger partial charge in [-0.15, -0.1) is 0 Å². The van der Waals surface area contributed by atoms with Crippen LogP contribution in [0.5, 0.6) is 0 Å². The number of nitrogens with one attached hydrogen (secondary N) is 1. The molecule has 0 spiro atoms. The molecule has 78 valence electrons. The molecule has 1 aromatic rings. The summed E-state index contributed by atoms with van der Waals surface area (Å²) >= 11 is 0. The van der Waals surface area contributed by atoms with Crippen molar-refractivity contribution in [2.75, 3.05) is 5.32 Å². The fourth-order valence-corrected chi connectivity index (χ4v) is 1.32. The SMILES string of the molecule is O=C(O)C1CC1C(=O)Nc1ncccn1. The molecular formula is C9H9N3O3. The van der Waals surface area contributed by atoms with Crippen LogP contribution in [0.4, 0.5) is 5.95 Å². The summed E-state index contributed by atoms with van der Waals surface area (Å²) in [6.07, 6.45) is 3.41. The second kappa shape index (κ2) is 3.64. The van der Waals surface area contributed by atoms with Crippen molar-refractivity contribution in [2.24, 2.45) is 11.8 Å². The molecule has 1 saturated carbocycles. The zero-order valence-electron chi connectivity index (χ0n) is 7.75. The number of hydrogen-bond donors (Lipinski definition) is 2. The van der Waals surface area contributed by atoms with Crippen LogP contribution >= 0.6 is 0 Å². The first-order valence-electron chi connectivity index (χ1n) is 4.49. The number of carbonyl (C=O) groups is 2. The highest BCUT2D eigenvalue weighted by Gasteiger charge is 2.48. The molecule has 2 atom stereocenters. The number of carbonyl (C=O) groups excluding carboxylic acids is 1. The number of aliphatic carboxylic acids is 1. The summed E-state index contributed by atoms with van der Waals surface area (Å²) in [6.45, 7) is 0. The molecule has 1 fully saturated rings. The number of hydrogen-bond acceptors (Lipinski definition) is 4. The summed E-state index contributed by atoms with van der Waals surface area (Å²) in [5, 5.41) is 11.1. The topological polar surface area (TPSA) is 92.2 Å². The highest BCUT2D eigenvalue weighted by atomic mass is 16.4. The number of carboxylic acid groups (broad SMARTS) is 1. The van der Waals surface area contributed by atoms with Crippen molar-refractivity contribution in [1.29, 1.82) is 0 Å². The van der Waals surface area contributed by atoms with Crippen molar-refractivity contribution in [3.63, 3.8) is 0 Å². The first-order valence-corrected chi connectivity index (χ1v) is 4.49. The van der Waals surface area contributed by atoms with Crippen molar-refractivity contribution in [1.82, 2.24) is 9.97 Å². The molecule has 0 bridgehead atoms. The summed E-state index contributed by atoms with van der Waals surface area (Å²) in [6, 6.07) is 1.63. The lowest BCUT2D eigenvalue weighted by molar-refractivity contribution is -0.139. The fraction of sp³-hybridized carbons (Fsp3) is 0.333. The van der Waals surface area contributed by atoms with Crippen LogP contribution in [0, 0.1) is 11.8 Å². The fourth-order valence-electron chi connectivity index (χ4n) is 1.32. The van der Waals surface area contributed by atoms with Crippen LogP contribution in [-0.4, -0.2) is 27.0 Å². The molecule has 0 saturated heterocycles. The smallest absolute Gasteiger partial charge is 0.307 e. The number of anilines is 1. The lowest BCUT2D eigenvalue weighted by atomic mass is 10.3. The molecule has 1 aliphatic carbocycles. The minimum absolute atomic E-state index is 0.207. The second-order valence-electron chi connectivity index (χ2n) is 3.35. The van der Waals surface area contributed by atoms with Gasteiger partial charge in [-0.1, -0.05) is 0 Å². The largest absolute Gasteiger partial charge is 0.481 e. The van der Waals surface area contributed by atoms with Crippen LogP contribution in [0.25, 0.3) is 0 Å². The van der Waals surface area contributed by atoms with E-state index in [2.05, 4.69) is 15.3 Å². The lowest BCUT2D eigenvalue weighted by Gasteiger charge is -2.00. The van der Waals surface area contributed by atoms with Gasteiger partial charge in [0.25, 0.3) is 0 Å². The van der Waals surface area contributed by atoms with Gasteiger partial charge in [0.05, 0.1) is 11.8 Å². The van der Waals surface area contributed by atoms with Crippen molar-refractivity contribution in [3.8, 4) is 0 Å². The summed E-state index contributed by atoms with van der Waals surface area (Å²) in [7, 11) is 0. The number of rotatable bonds is 3. The first kappa shape index (κ1) is 9.57. The normalized spacial score (nSPS) is 23.2. The molecule has 1 amide bonds. The zero-order chi connectivity index (χ0) is 10.8. The summed E-state index contributed by atoms with van der Waals surface area (Å²) in [5.74, 6) is -2.03. The average molecular weight is 207 g/mol. The molecule has 15 heavy (non-hydrogen) atoms. The van der Waals surface area contributed by atoms with Gasteiger partial charge in [0.15, 0.2) is 0 Å². The standard InChI is InChI=1S/C9H9N3O3/c13-7(5-4-6(5)8(14)15)12-9-10-2-1-3-11-9/h1-3,5-6H,4H2,(H,14,15)(H,10,11,12,13). The Morgan fingerprint density at radius 1 is 1.33 bits per heavy atom. The van der Waals surface area contributed by atoms with Crippen LogP contribution in [0.15, 0.2) is 18.5 Å². The van der Waals surface area contributed by atoms with Crippen LogP contribution in [0.1, 0.15) is 6.42 Å². The predicted octanol–water partition coefficient (Wildman–Crippen LogP) is 0.136. The molecule has 2 rings (SSSR count). The van der Waals surface area contributed by atoms with Crippen LogP contribution < -0.4 is 5.32 Å². The molecule has 0 aliphatic heterocycles. The monoisotopic (exact) mass is 207 g/mol. The highest BCUT2D eigenvalue weighted by Crippen LogP contribution is 2.39. The third-order valence-corrected chi connectivity index (χ3v) is 2.25. The Kier molecular flexibility index (Phi) is 2.32. The Morgan fingerprint density at radius 2 is 2.00 bits per heavy atom. The van der Waals surface area contributed by atoms with Crippen LogP contribution in [-0.2, 0) is 9.59 Å². The average Bonchev–Trinajstić information content (AvgIpc) is 2.98. The molecule has 1 heterocycles. The molecule has 0 aromatic carbocycles. The van der Waals surface area contributed by atoms with Gasteiger partial charge in [0.1, 0.15) is 0 Å². The minimum Gasteiger partial charge on any atom is -0.481 e. The Morgan fingerprint density at radius 3 is 2.53 bits per heavy atom. The third-order valence-electron chi connectivity index (χ3n) is 2.25. The molecule has 1 aromatic heterocycles. The van der Waals surface area contributed by atoms with E-state index in [0.717, 1.165) is 0 Å². The maximum absolute atomic E-state index is 11.4. The zero-order valence-corrected chi connectivity index (χ0v) is 7.75. The van der Waals surface area contributed by atoms with Gasteiger partial charge in [-0.3, -0.25) is 14.9 Å². The van der Waals surface area contributed by atoms with E-state index >= 15 is 0 Å². The number of aromatic nitrogens is 2. The van der Waals surface area contributed by atoms with Gasteiger partial charge in [-0.2, -0.15) is 0 Å². The van der Waals surface area contributed by atoms with E-state index < -0.39 is 17.8 Å². The van der Waals surface area contributed by atoms with Gasteiger partial charge in [-0.05, 0) is 12.5 Å².